The molecule has 34 heavy (non-hydrogen) atoms. The summed E-state index contributed by atoms with van der Waals surface area (Å²) in [7, 11) is 0. The van der Waals surface area contributed by atoms with Gasteiger partial charge in [0.25, 0.3) is 5.91 Å². The highest BCUT2D eigenvalue weighted by molar-refractivity contribution is 5.94. The van der Waals surface area contributed by atoms with Gasteiger partial charge in [-0.3, -0.25) is 9.20 Å². The van der Waals surface area contributed by atoms with Crippen LogP contribution in [-0.2, 0) is 6.18 Å². The molecule has 0 radical (unpaired) electrons. The SMILES string of the molecule is O=C(NC1CCC(Nc2cccc3nc(C(F)(F)F)cn23)CC1)c1ccc(-n2cnnn2)cc1. The highest BCUT2D eigenvalue weighted by atomic mass is 19.4. The van der Waals surface area contributed by atoms with Crippen LogP contribution in [0.5, 0.6) is 0 Å². The molecule has 5 rings (SSSR count). The van der Waals surface area contributed by atoms with Gasteiger partial charge in [0.15, 0.2) is 5.69 Å². The number of imidazole rings is 1. The van der Waals surface area contributed by atoms with Crippen LogP contribution in [0.2, 0.25) is 0 Å². The molecule has 9 nitrogen and oxygen atoms in total. The average molecular weight is 470 g/mol. The van der Waals surface area contributed by atoms with E-state index >= 15 is 0 Å². The molecule has 0 spiro atoms. The molecule has 1 aliphatic rings. The second kappa shape index (κ2) is 8.76. The summed E-state index contributed by atoms with van der Waals surface area (Å²) >= 11 is 0. The van der Waals surface area contributed by atoms with E-state index in [4.69, 9.17) is 0 Å². The van der Waals surface area contributed by atoms with Gasteiger partial charge in [-0.25, -0.2) is 9.67 Å². The fourth-order valence-electron chi connectivity index (χ4n) is 4.17. The van der Waals surface area contributed by atoms with Crippen LogP contribution in [-0.4, -0.2) is 47.6 Å². The smallest absolute Gasteiger partial charge is 0.368 e. The van der Waals surface area contributed by atoms with Gasteiger partial charge in [-0.1, -0.05) is 6.07 Å². The van der Waals surface area contributed by atoms with Crippen molar-refractivity contribution in [3.05, 3.63) is 66.2 Å². The second-order valence-corrected chi connectivity index (χ2v) is 8.23. The van der Waals surface area contributed by atoms with Crippen molar-refractivity contribution in [3.8, 4) is 5.69 Å². The van der Waals surface area contributed by atoms with E-state index in [2.05, 4.69) is 31.1 Å². The van der Waals surface area contributed by atoms with Gasteiger partial charge in [0.1, 0.15) is 17.8 Å². The van der Waals surface area contributed by atoms with Gasteiger partial charge in [-0.05, 0) is 72.5 Å². The van der Waals surface area contributed by atoms with E-state index in [1.54, 1.807) is 42.5 Å². The largest absolute Gasteiger partial charge is 0.434 e. The van der Waals surface area contributed by atoms with Gasteiger partial charge in [-0.2, -0.15) is 13.2 Å². The third kappa shape index (κ3) is 4.56. The van der Waals surface area contributed by atoms with E-state index in [9.17, 15) is 18.0 Å². The van der Waals surface area contributed by atoms with Crippen LogP contribution < -0.4 is 10.6 Å². The molecule has 176 valence electrons. The van der Waals surface area contributed by atoms with Crippen molar-refractivity contribution in [1.82, 2.24) is 34.9 Å². The van der Waals surface area contributed by atoms with Crippen molar-refractivity contribution in [2.24, 2.45) is 0 Å². The minimum atomic E-state index is -4.49. The third-order valence-corrected chi connectivity index (χ3v) is 5.94. The number of tetrazole rings is 1. The number of benzene rings is 1. The van der Waals surface area contributed by atoms with Crippen molar-refractivity contribution >= 4 is 17.4 Å². The van der Waals surface area contributed by atoms with Crippen LogP contribution in [0, 0.1) is 0 Å². The average Bonchev–Trinajstić information content (AvgIpc) is 3.51. The number of fused-ring (bicyclic) bond motifs is 1. The van der Waals surface area contributed by atoms with Crippen LogP contribution in [0.15, 0.2) is 55.0 Å². The van der Waals surface area contributed by atoms with Crippen molar-refractivity contribution in [2.45, 2.75) is 43.9 Å². The molecule has 3 heterocycles. The first-order valence-electron chi connectivity index (χ1n) is 10.8. The molecule has 0 bridgehead atoms. The molecule has 2 N–H and O–H groups in total. The minimum absolute atomic E-state index is 0.0330. The Balaban J connectivity index is 1.17. The van der Waals surface area contributed by atoms with Crippen LogP contribution in [0.25, 0.3) is 11.3 Å². The molecular weight excluding hydrogens is 449 g/mol. The quantitative estimate of drug-likeness (QED) is 0.463. The summed E-state index contributed by atoms with van der Waals surface area (Å²) in [4.78, 5) is 16.3. The zero-order valence-electron chi connectivity index (χ0n) is 17.9. The van der Waals surface area contributed by atoms with Gasteiger partial charge in [-0.15, -0.1) is 5.10 Å². The number of nitrogens with one attached hydrogen (secondary N) is 2. The number of hydrogen-bond donors (Lipinski definition) is 2. The Bertz CT molecular complexity index is 1280. The maximum atomic E-state index is 13.0. The lowest BCUT2D eigenvalue weighted by molar-refractivity contribution is -0.140. The summed E-state index contributed by atoms with van der Waals surface area (Å²) in [5.74, 6) is 0.415. The lowest BCUT2D eigenvalue weighted by atomic mass is 9.91. The summed E-state index contributed by atoms with van der Waals surface area (Å²) in [5.41, 5.74) is 0.622. The summed E-state index contributed by atoms with van der Waals surface area (Å²) in [5, 5.41) is 17.4. The Labute approximate surface area is 192 Å². The Hall–Kier alpha value is -3.96. The van der Waals surface area contributed by atoms with Crippen molar-refractivity contribution in [2.75, 3.05) is 5.32 Å². The number of hydrogen-bond acceptors (Lipinski definition) is 6. The number of amides is 1. The number of aromatic nitrogens is 6. The molecule has 1 aromatic carbocycles. The monoisotopic (exact) mass is 470 g/mol. The van der Waals surface area contributed by atoms with Gasteiger partial charge in [0.2, 0.25) is 0 Å². The van der Waals surface area contributed by atoms with Crippen molar-refractivity contribution in [3.63, 3.8) is 0 Å². The Morgan fingerprint density at radius 2 is 1.74 bits per heavy atom. The van der Waals surface area contributed by atoms with E-state index < -0.39 is 11.9 Å². The molecule has 12 heteroatoms. The van der Waals surface area contributed by atoms with E-state index in [-0.39, 0.29) is 23.6 Å². The topological polar surface area (TPSA) is 102 Å². The summed E-state index contributed by atoms with van der Waals surface area (Å²) in [6.45, 7) is 0. The zero-order chi connectivity index (χ0) is 23.7. The molecule has 0 unspecified atom stereocenters. The number of rotatable bonds is 5. The summed E-state index contributed by atoms with van der Waals surface area (Å²) in [6.07, 6.45) is 1.08. The molecule has 4 aromatic rings. The molecule has 1 amide bonds. The highest BCUT2D eigenvalue weighted by Crippen LogP contribution is 2.30. The molecule has 0 aliphatic heterocycles. The fraction of sp³-hybridized carbons (Fsp3) is 0.318. The normalized spacial score (nSPS) is 18.7. The number of anilines is 1. The van der Waals surface area contributed by atoms with Crippen LogP contribution >= 0.6 is 0 Å². The fourth-order valence-corrected chi connectivity index (χ4v) is 4.17. The molecular formula is C22H21F3N8O. The first-order valence-corrected chi connectivity index (χ1v) is 10.8. The van der Waals surface area contributed by atoms with Crippen molar-refractivity contribution < 1.29 is 18.0 Å². The molecule has 1 fully saturated rings. The van der Waals surface area contributed by atoms with Gasteiger partial charge >= 0.3 is 6.18 Å². The minimum Gasteiger partial charge on any atom is -0.368 e. The summed E-state index contributed by atoms with van der Waals surface area (Å²) in [6, 6.07) is 12.1. The summed E-state index contributed by atoms with van der Waals surface area (Å²) < 4.78 is 42.0. The van der Waals surface area contributed by atoms with Crippen LogP contribution in [0.4, 0.5) is 19.0 Å². The van der Waals surface area contributed by atoms with Gasteiger partial charge < -0.3 is 10.6 Å². The predicted octanol–water partition coefficient (Wildman–Crippen LogP) is 3.48. The van der Waals surface area contributed by atoms with E-state index in [1.807, 2.05) is 0 Å². The van der Waals surface area contributed by atoms with E-state index in [1.165, 1.54) is 15.4 Å². The molecule has 1 aliphatic carbocycles. The Morgan fingerprint density at radius 1 is 1.00 bits per heavy atom. The lowest BCUT2D eigenvalue weighted by Gasteiger charge is -2.30. The van der Waals surface area contributed by atoms with Crippen LogP contribution in [0.3, 0.4) is 0 Å². The molecule has 0 atom stereocenters. The Kier molecular flexibility index (Phi) is 5.64. The highest BCUT2D eigenvalue weighted by Gasteiger charge is 2.34. The number of pyridine rings is 1. The number of alkyl halides is 3. The standard InChI is InChI=1S/C22H21F3N8O/c23-22(24,25)18-12-32-19(2-1-3-20(32)29-18)27-15-6-8-16(9-7-15)28-21(34)14-4-10-17(11-5-14)33-13-26-30-31-33/h1-5,10-13,15-16,27H,6-9H2,(H,28,34). The van der Waals surface area contributed by atoms with E-state index in [0.29, 0.717) is 11.4 Å². The van der Waals surface area contributed by atoms with Crippen LogP contribution in [0.1, 0.15) is 41.7 Å². The van der Waals surface area contributed by atoms with Crippen molar-refractivity contribution in [1.29, 1.82) is 0 Å². The van der Waals surface area contributed by atoms with Gasteiger partial charge in [0.05, 0.1) is 5.69 Å². The maximum absolute atomic E-state index is 13.0. The first-order chi connectivity index (χ1) is 16.4. The number of nitrogens with zero attached hydrogens (tertiary/aromatic N) is 6. The zero-order valence-corrected chi connectivity index (χ0v) is 17.9. The number of halogens is 3. The first kappa shape index (κ1) is 21.9. The molecule has 3 aromatic heterocycles. The van der Waals surface area contributed by atoms with E-state index in [0.717, 1.165) is 37.6 Å². The third-order valence-electron chi connectivity index (χ3n) is 5.94. The molecule has 0 saturated heterocycles. The number of carbonyl (C=O) groups excluding carboxylic acids is 1. The lowest BCUT2D eigenvalue weighted by Crippen LogP contribution is -2.40. The predicted molar refractivity (Wildman–Crippen MR) is 116 cm³/mol. The number of carbonyl (C=O) groups is 1. The molecule has 1 saturated carbocycles. The Morgan fingerprint density at radius 3 is 2.41 bits per heavy atom. The van der Waals surface area contributed by atoms with Gasteiger partial charge in [0, 0.05) is 23.8 Å². The second-order valence-electron chi connectivity index (χ2n) is 8.23. The maximum Gasteiger partial charge on any atom is 0.434 e.